The third kappa shape index (κ3) is 4.06. The number of hydrogen-bond acceptors (Lipinski definition) is 2. The number of ketones is 1. The maximum atomic E-state index is 12.4. The van der Waals surface area contributed by atoms with Gasteiger partial charge in [0.25, 0.3) is 0 Å². The second-order valence-electron chi connectivity index (χ2n) is 5.70. The molecule has 1 atom stereocenters. The number of anilines is 1. The van der Waals surface area contributed by atoms with Crippen molar-refractivity contribution in [3.8, 4) is 0 Å². The second kappa shape index (κ2) is 7.25. The van der Waals surface area contributed by atoms with Crippen molar-refractivity contribution in [3.05, 3.63) is 29.8 Å². The van der Waals surface area contributed by atoms with E-state index < -0.39 is 0 Å². The van der Waals surface area contributed by atoms with Gasteiger partial charge in [-0.15, -0.1) is 0 Å². The van der Waals surface area contributed by atoms with Crippen molar-refractivity contribution in [1.29, 1.82) is 0 Å². The number of Topliss-reactive ketones (excluding diaryl/α,β-unsaturated/α-hetero) is 1. The summed E-state index contributed by atoms with van der Waals surface area (Å²) in [4.78, 5) is 25.6. The number of amides is 2. The van der Waals surface area contributed by atoms with Gasteiger partial charge < -0.3 is 10.2 Å². The van der Waals surface area contributed by atoms with Crippen LogP contribution in [0.2, 0.25) is 0 Å². The summed E-state index contributed by atoms with van der Waals surface area (Å²) in [5.41, 5.74) is 1.40. The minimum absolute atomic E-state index is 0.0243. The molecular weight excluding hydrogens is 264 g/mol. The normalized spacial score (nSPS) is 18.4. The van der Waals surface area contributed by atoms with Gasteiger partial charge in [-0.2, -0.15) is 0 Å². The molecule has 0 aromatic heterocycles. The number of hydrogen-bond donors (Lipinski definition) is 1. The zero-order chi connectivity index (χ0) is 15.2. The van der Waals surface area contributed by atoms with Crippen molar-refractivity contribution in [3.63, 3.8) is 0 Å². The minimum atomic E-state index is -0.0243. The first-order valence-corrected chi connectivity index (χ1v) is 7.80. The maximum Gasteiger partial charge on any atom is 0.322 e. The Balaban J connectivity index is 2.00. The summed E-state index contributed by atoms with van der Waals surface area (Å²) in [6.45, 7) is 4.53. The van der Waals surface area contributed by atoms with Crippen LogP contribution in [0.3, 0.4) is 0 Å². The highest BCUT2D eigenvalue weighted by Gasteiger charge is 2.25. The van der Waals surface area contributed by atoms with Crippen LogP contribution in [0.4, 0.5) is 10.5 Å². The first-order chi connectivity index (χ1) is 10.1. The van der Waals surface area contributed by atoms with E-state index >= 15 is 0 Å². The standard InChI is InChI=1S/C17H24N2O2/c1-3-6-16-7-4-5-12-19(16)17(21)18-15-10-8-14(9-11-15)13(2)20/h8-11,16H,3-7,12H2,1-2H3,(H,18,21). The summed E-state index contributed by atoms with van der Waals surface area (Å²) in [5.74, 6) is 0.0342. The van der Waals surface area contributed by atoms with Crippen molar-refractivity contribution in [2.24, 2.45) is 0 Å². The number of carbonyl (C=O) groups excluding carboxylic acids is 2. The van der Waals surface area contributed by atoms with Crippen molar-refractivity contribution in [1.82, 2.24) is 4.90 Å². The fourth-order valence-corrected chi connectivity index (χ4v) is 2.88. The van der Waals surface area contributed by atoms with Gasteiger partial charge in [0, 0.05) is 23.8 Å². The predicted octanol–water partition coefficient (Wildman–Crippen LogP) is 4.08. The number of likely N-dealkylation sites (tertiary alicyclic amines) is 1. The fraction of sp³-hybridized carbons (Fsp3) is 0.529. The van der Waals surface area contributed by atoms with Crippen LogP contribution in [0.15, 0.2) is 24.3 Å². The molecular formula is C17H24N2O2. The molecule has 1 aromatic rings. The lowest BCUT2D eigenvalue weighted by Gasteiger charge is -2.35. The Bertz CT molecular complexity index is 494. The molecule has 21 heavy (non-hydrogen) atoms. The number of benzene rings is 1. The topological polar surface area (TPSA) is 49.4 Å². The molecule has 1 aliphatic rings. The molecule has 1 heterocycles. The van der Waals surface area contributed by atoms with E-state index in [9.17, 15) is 9.59 Å². The third-order valence-corrected chi connectivity index (χ3v) is 4.05. The smallest absolute Gasteiger partial charge is 0.322 e. The summed E-state index contributed by atoms with van der Waals surface area (Å²) in [7, 11) is 0. The minimum Gasteiger partial charge on any atom is -0.322 e. The highest BCUT2D eigenvalue weighted by molar-refractivity contribution is 5.95. The Labute approximate surface area is 126 Å². The SMILES string of the molecule is CCCC1CCCCN1C(=O)Nc1ccc(C(C)=O)cc1. The van der Waals surface area contributed by atoms with Crippen LogP contribution in [0.1, 0.15) is 56.3 Å². The van der Waals surface area contributed by atoms with Gasteiger partial charge in [0.05, 0.1) is 0 Å². The maximum absolute atomic E-state index is 12.4. The van der Waals surface area contributed by atoms with E-state index in [0.717, 1.165) is 37.9 Å². The molecule has 4 nitrogen and oxygen atoms in total. The largest absolute Gasteiger partial charge is 0.322 e. The van der Waals surface area contributed by atoms with Crippen LogP contribution in [-0.4, -0.2) is 29.3 Å². The van der Waals surface area contributed by atoms with Gasteiger partial charge in [0.15, 0.2) is 5.78 Å². The molecule has 1 unspecified atom stereocenters. The molecule has 2 amide bonds. The first kappa shape index (κ1) is 15.5. The average molecular weight is 288 g/mol. The van der Waals surface area contributed by atoms with Crippen LogP contribution in [0.5, 0.6) is 0 Å². The summed E-state index contributed by atoms with van der Waals surface area (Å²) in [6, 6.07) is 7.40. The molecule has 1 N–H and O–H groups in total. The Morgan fingerprint density at radius 1 is 1.24 bits per heavy atom. The fourth-order valence-electron chi connectivity index (χ4n) is 2.88. The molecule has 1 aliphatic heterocycles. The van der Waals surface area contributed by atoms with E-state index in [1.165, 1.54) is 13.3 Å². The van der Waals surface area contributed by atoms with E-state index in [1.807, 2.05) is 4.90 Å². The Hall–Kier alpha value is -1.84. The Morgan fingerprint density at radius 2 is 1.95 bits per heavy atom. The van der Waals surface area contributed by atoms with Crippen molar-refractivity contribution < 1.29 is 9.59 Å². The number of nitrogens with one attached hydrogen (secondary N) is 1. The molecule has 0 aliphatic carbocycles. The number of piperidine rings is 1. The molecule has 1 fully saturated rings. The number of nitrogens with zero attached hydrogens (tertiary/aromatic N) is 1. The van der Waals surface area contributed by atoms with E-state index in [4.69, 9.17) is 0 Å². The Morgan fingerprint density at radius 3 is 2.57 bits per heavy atom. The lowest BCUT2D eigenvalue weighted by molar-refractivity contribution is 0.101. The first-order valence-electron chi connectivity index (χ1n) is 7.80. The van der Waals surface area contributed by atoms with Gasteiger partial charge >= 0.3 is 6.03 Å². The van der Waals surface area contributed by atoms with Crippen LogP contribution in [0, 0.1) is 0 Å². The molecule has 2 rings (SSSR count). The van der Waals surface area contributed by atoms with Crippen molar-refractivity contribution in [2.45, 2.75) is 52.0 Å². The zero-order valence-electron chi connectivity index (χ0n) is 12.9. The van der Waals surface area contributed by atoms with Crippen molar-refractivity contribution in [2.75, 3.05) is 11.9 Å². The van der Waals surface area contributed by atoms with Crippen molar-refractivity contribution >= 4 is 17.5 Å². The second-order valence-corrected chi connectivity index (χ2v) is 5.70. The average Bonchev–Trinajstić information content (AvgIpc) is 2.48. The summed E-state index contributed by atoms with van der Waals surface area (Å²) in [5, 5.41) is 2.94. The highest BCUT2D eigenvalue weighted by atomic mass is 16.2. The molecule has 1 aromatic carbocycles. The number of rotatable bonds is 4. The van der Waals surface area contributed by atoms with Gasteiger partial charge in [-0.25, -0.2) is 4.79 Å². The molecule has 4 heteroatoms. The highest BCUT2D eigenvalue weighted by Crippen LogP contribution is 2.22. The summed E-state index contributed by atoms with van der Waals surface area (Å²) < 4.78 is 0. The van der Waals surface area contributed by atoms with Gasteiger partial charge in [0.1, 0.15) is 0 Å². The van der Waals surface area contributed by atoms with Gasteiger partial charge in [-0.05, 0) is 56.9 Å². The van der Waals surface area contributed by atoms with E-state index in [0.29, 0.717) is 11.6 Å². The van der Waals surface area contributed by atoms with Crippen LogP contribution >= 0.6 is 0 Å². The van der Waals surface area contributed by atoms with Crippen LogP contribution < -0.4 is 5.32 Å². The zero-order valence-corrected chi connectivity index (χ0v) is 12.9. The lowest BCUT2D eigenvalue weighted by Crippen LogP contribution is -2.45. The molecule has 0 saturated carbocycles. The molecule has 0 bridgehead atoms. The summed E-state index contributed by atoms with van der Waals surface area (Å²) in [6.07, 6.45) is 5.56. The van der Waals surface area contributed by atoms with E-state index in [-0.39, 0.29) is 11.8 Å². The third-order valence-electron chi connectivity index (χ3n) is 4.05. The monoisotopic (exact) mass is 288 g/mol. The molecule has 1 saturated heterocycles. The van der Waals surface area contributed by atoms with Crippen LogP contribution in [-0.2, 0) is 0 Å². The number of carbonyl (C=O) groups is 2. The predicted molar refractivity (Wildman–Crippen MR) is 84.7 cm³/mol. The van der Waals surface area contributed by atoms with Gasteiger partial charge in [0.2, 0.25) is 0 Å². The van der Waals surface area contributed by atoms with E-state index in [1.54, 1.807) is 24.3 Å². The quantitative estimate of drug-likeness (QED) is 0.849. The number of urea groups is 1. The Kier molecular flexibility index (Phi) is 5.37. The lowest BCUT2D eigenvalue weighted by atomic mass is 9.99. The van der Waals surface area contributed by atoms with Gasteiger partial charge in [-0.3, -0.25) is 4.79 Å². The summed E-state index contributed by atoms with van der Waals surface area (Å²) >= 11 is 0. The van der Waals surface area contributed by atoms with Crippen LogP contribution in [0.25, 0.3) is 0 Å². The molecule has 0 spiro atoms. The molecule has 114 valence electrons. The van der Waals surface area contributed by atoms with Gasteiger partial charge in [-0.1, -0.05) is 13.3 Å². The molecule has 0 radical (unpaired) electrons. The van der Waals surface area contributed by atoms with E-state index in [2.05, 4.69) is 12.2 Å².